The SMILES string of the molecule is COc1cc(N2CCC(C(=O)O)CC2)ccc1N. The van der Waals surface area contributed by atoms with Crippen LogP contribution in [0, 0.1) is 5.92 Å². The average molecular weight is 250 g/mol. The number of carboxylic acid groups (broad SMARTS) is 1. The fourth-order valence-electron chi connectivity index (χ4n) is 2.28. The van der Waals surface area contributed by atoms with Crippen molar-refractivity contribution < 1.29 is 14.6 Å². The van der Waals surface area contributed by atoms with Crippen molar-refractivity contribution >= 4 is 17.3 Å². The lowest BCUT2D eigenvalue weighted by Gasteiger charge is -2.32. The van der Waals surface area contributed by atoms with Gasteiger partial charge in [0.05, 0.1) is 18.7 Å². The summed E-state index contributed by atoms with van der Waals surface area (Å²) in [5, 5.41) is 8.96. The second-order valence-corrected chi connectivity index (χ2v) is 4.53. The largest absolute Gasteiger partial charge is 0.495 e. The molecule has 1 saturated heterocycles. The Bertz CT molecular complexity index is 440. The summed E-state index contributed by atoms with van der Waals surface area (Å²) in [6.07, 6.45) is 1.37. The summed E-state index contributed by atoms with van der Waals surface area (Å²) in [4.78, 5) is 13.1. The van der Waals surface area contributed by atoms with Gasteiger partial charge >= 0.3 is 5.97 Å². The lowest BCUT2D eigenvalue weighted by Crippen LogP contribution is -2.36. The van der Waals surface area contributed by atoms with Crippen LogP contribution in [0.5, 0.6) is 5.75 Å². The number of aliphatic carboxylic acids is 1. The molecule has 1 aliphatic rings. The molecule has 1 fully saturated rings. The van der Waals surface area contributed by atoms with Gasteiger partial charge in [0.15, 0.2) is 0 Å². The second kappa shape index (κ2) is 5.16. The fraction of sp³-hybridized carbons (Fsp3) is 0.462. The minimum atomic E-state index is -0.690. The summed E-state index contributed by atoms with van der Waals surface area (Å²) in [5.74, 6) is -0.241. The van der Waals surface area contributed by atoms with Crippen molar-refractivity contribution in [3.63, 3.8) is 0 Å². The summed E-state index contributed by atoms with van der Waals surface area (Å²) in [6.45, 7) is 1.51. The van der Waals surface area contributed by atoms with Crippen molar-refractivity contribution in [1.29, 1.82) is 0 Å². The van der Waals surface area contributed by atoms with Gasteiger partial charge in [0, 0.05) is 24.8 Å². The third-order valence-electron chi connectivity index (χ3n) is 3.43. The van der Waals surface area contributed by atoms with Crippen LogP contribution in [0.2, 0.25) is 0 Å². The number of benzene rings is 1. The standard InChI is InChI=1S/C13H18N2O3/c1-18-12-8-10(2-3-11(12)14)15-6-4-9(5-7-15)13(16)17/h2-3,8-9H,4-7,14H2,1H3,(H,16,17). The monoisotopic (exact) mass is 250 g/mol. The summed E-state index contributed by atoms with van der Waals surface area (Å²) in [5.41, 5.74) is 7.42. The molecule has 1 aliphatic heterocycles. The highest BCUT2D eigenvalue weighted by atomic mass is 16.5. The highest BCUT2D eigenvalue weighted by Gasteiger charge is 2.24. The number of carbonyl (C=O) groups is 1. The first-order chi connectivity index (χ1) is 8.61. The molecule has 0 spiro atoms. The van der Waals surface area contributed by atoms with Gasteiger partial charge in [0.1, 0.15) is 5.75 Å². The highest BCUT2D eigenvalue weighted by molar-refractivity contribution is 5.70. The first kappa shape index (κ1) is 12.5. The average Bonchev–Trinajstić information content (AvgIpc) is 2.39. The lowest BCUT2D eigenvalue weighted by atomic mass is 9.97. The van der Waals surface area contributed by atoms with Crippen LogP contribution in [0.4, 0.5) is 11.4 Å². The Morgan fingerprint density at radius 2 is 2.11 bits per heavy atom. The normalized spacial score (nSPS) is 16.6. The Morgan fingerprint density at radius 3 is 2.67 bits per heavy atom. The first-order valence-corrected chi connectivity index (χ1v) is 6.03. The predicted molar refractivity (Wildman–Crippen MR) is 70.0 cm³/mol. The number of nitrogens with zero attached hydrogens (tertiary/aromatic N) is 1. The molecule has 1 heterocycles. The Kier molecular flexibility index (Phi) is 3.60. The number of methoxy groups -OCH3 is 1. The molecule has 1 aromatic carbocycles. The number of rotatable bonds is 3. The third-order valence-corrected chi connectivity index (χ3v) is 3.43. The van der Waals surface area contributed by atoms with E-state index in [-0.39, 0.29) is 5.92 Å². The number of nitrogen functional groups attached to an aromatic ring is 1. The van der Waals surface area contributed by atoms with Gasteiger partial charge in [0.2, 0.25) is 0 Å². The van der Waals surface area contributed by atoms with Crippen LogP contribution in [-0.2, 0) is 4.79 Å². The van der Waals surface area contributed by atoms with Gasteiger partial charge in [0.25, 0.3) is 0 Å². The molecule has 0 radical (unpaired) electrons. The van der Waals surface area contributed by atoms with Gasteiger partial charge < -0.3 is 20.5 Å². The number of anilines is 2. The molecule has 5 heteroatoms. The van der Waals surface area contributed by atoms with Gasteiger partial charge in [-0.2, -0.15) is 0 Å². The molecule has 98 valence electrons. The number of hydrogen-bond donors (Lipinski definition) is 2. The van der Waals surface area contributed by atoms with Crippen LogP contribution in [0.3, 0.4) is 0 Å². The van der Waals surface area contributed by atoms with Crippen LogP contribution in [0.1, 0.15) is 12.8 Å². The molecule has 0 amide bonds. The Hall–Kier alpha value is -1.91. The van der Waals surface area contributed by atoms with Gasteiger partial charge in [-0.15, -0.1) is 0 Å². The maximum atomic E-state index is 10.9. The summed E-state index contributed by atoms with van der Waals surface area (Å²) in [6, 6.07) is 5.66. The molecule has 0 saturated carbocycles. The minimum absolute atomic E-state index is 0.211. The lowest BCUT2D eigenvalue weighted by molar-refractivity contribution is -0.142. The molecule has 0 aromatic heterocycles. The number of hydrogen-bond acceptors (Lipinski definition) is 4. The van der Waals surface area contributed by atoms with E-state index in [0.29, 0.717) is 24.3 Å². The zero-order chi connectivity index (χ0) is 13.1. The van der Waals surface area contributed by atoms with E-state index in [9.17, 15) is 4.79 Å². The third kappa shape index (κ3) is 2.50. The van der Waals surface area contributed by atoms with Crippen LogP contribution in [0.25, 0.3) is 0 Å². The van der Waals surface area contributed by atoms with Gasteiger partial charge in [-0.05, 0) is 25.0 Å². The van der Waals surface area contributed by atoms with E-state index in [2.05, 4.69) is 4.90 Å². The van der Waals surface area contributed by atoms with Gasteiger partial charge in [-0.25, -0.2) is 0 Å². The second-order valence-electron chi connectivity index (χ2n) is 4.53. The maximum absolute atomic E-state index is 10.9. The van der Waals surface area contributed by atoms with E-state index >= 15 is 0 Å². The Morgan fingerprint density at radius 1 is 1.44 bits per heavy atom. The van der Waals surface area contributed by atoms with E-state index in [1.165, 1.54) is 0 Å². The number of piperidine rings is 1. The van der Waals surface area contributed by atoms with Crippen molar-refractivity contribution in [2.75, 3.05) is 30.8 Å². The molecule has 0 atom stereocenters. The van der Waals surface area contributed by atoms with Crippen LogP contribution in [0.15, 0.2) is 18.2 Å². The van der Waals surface area contributed by atoms with E-state index in [1.54, 1.807) is 7.11 Å². The van der Waals surface area contributed by atoms with Crippen molar-refractivity contribution in [2.45, 2.75) is 12.8 Å². The van der Waals surface area contributed by atoms with Crippen molar-refractivity contribution in [3.05, 3.63) is 18.2 Å². The minimum Gasteiger partial charge on any atom is -0.495 e. The first-order valence-electron chi connectivity index (χ1n) is 6.03. The van der Waals surface area contributed by atoms with Crippen molar-refractivity contribution in [2.24, 2.45) is 5.92 Å². The molecule has 18 heavy (non-hydrogen) atoms. The van der Waals surface area contributed by atoms with E-state index in [0.717, 1.165) is 18.8 Å². The highest BCUT2D eigenvalue weighted by Crippen LogP contribution is 2.30. The molecule has 0 unspecified atom stereocenters. The summed E-state index contributed by atoms with van der Waals surface area (Å²) in [7, 11) is 1.59. The van der Waals surface area contributed by atoms with Crippen molar-refractivity contribution in [1.82, 2.24) is 0 Å². The number of nitrogens with two attached hydrogens (primary N) is 1. The van der Waals surface area contributed by atoms with E-state index < -0.39 is 5.97 Å². The molecule has 1 aromatic rings. The summed E-state index contributed by atoms with van der Waals surface area (Å²) >= 11 is 0. The zero-order valence-electron chi connectivity index (χ0n) is 10.4. The Balaban J connectivity index is 2.07. The Labute approximate surface area is 106 Å². The zero-order valence-corrected chi connectivity index (χ0v) is 10.4. The van der Waals surface area contributed by atoms with Crippen LogP contribution in [-0.4, -0.2) is 31.3 Å². The predicted octanol–water partition coefficient (Wildman–Crippen LogP) is 1.58. The van der Waals surface area contributed by atoms with Crippen LogP contribution < -0.4 is 15.4 Å². The van der Waals surface area contributed by atoms with Gasteiger partial charge in [-0.1, -0.05) is 0 Å². The molecular formula is C13H18N2O3. The molecular weight excluding hydrogens is 232 g/mol. The van der Waals surface area contributed by atoms with E-state index in [1.807, 2.05) is 18.2 Å². The smallest absolute Gasteiger partial charge is 0.306 e. The van der Waals surface area contributed by atoms with Crippen LogP contribution >= 0.6 is 0 Å². The molecule has 5 nitrogen and oxygen atoms in total. The topological polar surface area (TPSA) is 75.8 Å². The van der Waals surface area contributed by atoms with E-state index in [4.69, 9.17) is 15.6 Å². The maximum Gasteiger partial charge on any atom is 0.306 e. The van der Waals surface area contributed by atoms with Gasteiger partial charge in [-0.3, -0.25) is 4.79 Å². The molecule has 2 rings (SSSR count). The number of carboxylic acids is 1. The molecule has 0 bridgehead atoms. The quantitative estimate of drug-likeness (QED) is 0.796. The molecule has 3 N–H and O–H groups in total. The fourth-order valence-corrected chi connectivity index (χ4v) is 2.28. The van der Waals surface area contributed by atoms with Crippen molar-refractivity contribution in [3.8, 4) is 5.75 Å². The molecule has 0 aliphatic carbocycles. The number of ether oxygens (including phenoxy) is 1. The summed E-state index contributed by atoms with van der Waals surface area (Å²) < 4.78 is 5.19.